The standard InChI is InChI=1S/C25H25BrF3N5O4S/c1-5-19-31-23(33(3)4)21(24(35)30-2)34(19)13-14-10-11-18-16(12-14)20(26)22(38-18)15-8-6-7-9-17(15)32-39(36,37)25(27,28)29/h6-12,32H,5,13H2,1-4H3,(H,30,35). The van der Waals surface area contributed by atoms with E-state index in [4.69, 9.17) is 4.42 Å². The maximum Gasteiger partial charge on any atom is 0.516 e. The molecule has 0 bridgehead atoms. The Morgan fingerprint density at radius 1 is 1.18 bits per heavy atom. The third-order valence-corrected chi connectivity index (χ3v) is 7.85. The zero-order chi connectivity index (χ0) is 28.7. The summed E-state index contributed by atoms with van der Waals surface area (Å²) in [7, 11) is -0.479. The van der Waals surface area contributed by atoms with Crippen molar-refractivity contribution in [1.29, 1.82) is 0 Å². The molecule has 4 rings (SSSR count). The number of hydrogen-bond donors (Lipinski definition) is 2. The van der Waals surface area contributed by atoms with Gasteiger partial charge in [0.1, 0.15) is 11.4 Å². The lowest BCUT2D eigenvalue weighted by atomic mass is 10.1. The zero-order valence-electron chi connectivity index (χ0n) is 21.4. The normalized spacial score (nSPS) is 12.1. The number of aromatic nitrogens is 2. The first-order valence-corrected chi connectivity index (χ1v) is 13.9. The average Bonchev–Trinajstić information content (AvgIpc) is 3.40. The highest BCUT2D eigenvalue weighted by Gasteiger charge is 2.46. The van der Waals surface area contributed by atoms with Crippen LogP contribution >= 0.6 is 15.9 Å². The molecule has 14 heteroatoms. The van der Waals surface area contributed by atoms with E-state index in [0.29, 0.717) is 39.9 Å². The third-order valence-electron chi connectivity index (χ3n) is 5.96. The number of anilines is 2. The Morgan fingerprint density at radius 3 is 2.49 bits per heavy atom. The number of nitrogens with zero attached hydrogens (tertiary/aromatic N) is 3. The average molecular weight is 628 g/mol. The van der Waals surface area contributed by atoms with Crippen molar-refractivity contribution >= 4 is 54.3 Å². The lowest BCUT2D eigenvalue weighted by Gasteiger charge is -2.14. The zero-order valence-corrected chi connectivity index (χ0v) is 23.8. The van der Waals surface area contributed by atoms with E-state index < -0.39 is 15.5 Å². The molecule has 0 saturated carbocycles. The monoisotopic (exact) mass is 627 g/mol. The van der Waals surface area contributed by atoms with E-state index in [9.17, 15) is 26.4 Å². The SMILES string of the molecule is CCc1nc(N(C)C)c(C(=O)NC)n1Cc1ccc2oc(-c3ccccc3NS(=O)(=O)C(F)(F)F)c(Br)c2c1. The number of furan rings is 1. The second-order valence-electron chi connectivity index (χ2n) is 8.79. The maximum atomic E-state index is 13.0. The summed E-state index contributed by atoms with van der Waals surface area (Å²) >= 11 is 3.48. The molecule has 2 heterocycles. The Morgan fingerprint density at radius 2 is 1.87 bits per heavy atom. The first kappa shape index (κ1) is 28.5. The summed E-state index contributed by atoms with van der Waals surface area (Å²) in [5, 5.41) is 3.28. The van der Waals surface area contributed by atoms with Gasteiger partial charge in [0, 0.05) is 45.1 Å². The predicted octanol–water partition coefficient (Wildman–Crippen LogP) is 5.36. The van der Waals surface area contributed by atoms with Crippen LogP contribution in [0.25, 0.3) is 22.3 Å². The Kier molecular flexibility index (Phi) is 7.72. The van der Waals surface area contributed by atoms with Gasteiger partial charge < -0.3 is 19.2 Å². The molecule has 0 aliphatic heterocycles. The summed E-state index contributed by atoms with van der Waals surface area (Å²) in [5.41, 5.74) is -4.00. The number of aryl methyl sites for hydroxylation is 1. The van der Waals surface area contributed by atoms with Crippen molar-refractivity contribution in [1.82, 2.24) is 14.9 Å². The van der Waals surface area contributed by atoms with Gasteiger partial charge in [-0.2, -0.15) is 21.6 Å². The molecule has 0 saturated heterocycles. The number of rotatable bonds is 8. The van der Waals surface area contributed by atoms with Gasteiger partial charge in [0.25, 0.3) is 5.91 Å². The van der Waals surface area contributed by atoms with E-state index in [0.717, 1.165) is 11.4 Å². The molecule has 0 fully saturated rings. The highest BCUT2D eigenvalue weighted by molar-refractivity contribution is 9.10. The van der Waals surface area contributed by atoms with E-state index >= 15 is 0 Å². The number of imidazole rings is 1. The van der Waals surface area contributed by atoms with Crippen LogP contribution in [0, 0.1) is 0 Å². The van der Waals surface area contributed by atoms with E-state index in [1.54, 1.807) is 42.9 Å². The topological polar surface area (TPSA) is 109 Å². The van der Waals surface area contributed by atoms with E-state index in [1.807, 2.05) is 23.6 Å². The van der Waals surface area contributed by atoms with Crippen molar-refractivity contribution in [2.45, 2.75) is 25.4 Å². The second-order valence-corrected chi connectivity index (χ2v) is 11.3. The molecule has 0 spiro atoms. The predicted molar refractivity (Wildman–Crippen MR) is 146 cm³/mol. The fourth-order valence-electron chi connectivity index (χ4n) is 4.12. The minimum atomic E-state index is -5.64. The van der Waals surface area contributed by atoms with Crippen LogP contribution in [0.15, 0.2) is 51.4 Å². The summed E-state index contributed by atoms with van der Waals surface area (Å²) < 4.78 is 72.3. The second kappa shape index (κ2) is 10.6. The van der Waals surface area contributed by atoms with Gasteiger partial charge in [0.15, 0.2) is 17.3 Å². The fraction of sp³-hybridized carbons (Fsp3) is 0.280. The molecule has 0 atom stereocenters. The van der Waals surface area contributed by atoms with Crippen LogP contribution < -0.4 is 14.9 Å². The molecule has 9 nitrogen and oxygen atoms in total. The lowest BCUT2D eigenvalue weighted by Crippen LogP contribution is -2.30. The van der Waals surface area contributed by atoms with Crippen molar-refractivity contribution in [3.8, 4) is 11.3 Å². The number of amides is 1. The molecule has 2 aromatic heterocycles. The van der Waals surface area contributed by atoms with E-state index in [1.165, 1.54) is 18.2 Å². The first-order valence-electron chi connectivity index (χ1n) is 11.7. The van der Waals surface area contributed by atoms with Gasteiger partial charge in [-0.05, 0) is 45.8 Å². The molecule has 2 aromatic carbocycles. The molecule has 0 radical (unpaired) electrons. The molecule has 1 amide bonds. The largest absolute Gasteiger partial charge is 0.516 e. The van der Waals surface area contributed by atoms with Gasteiger partial charge in [-0.3, -0.25) is 9.52 Å². The minimum absolute atomic E-state index is 0.121. The number of alkyl halides is 3. The van der Waals surface area contributed by atoms with Gasteiger partial charge >= 0.3 is 15.5 Å². The Labute approximate surface area is 231 Å². The van der Waals surface area contributed by atoms with Crippen molar-refractivity contribution in [2.75, 3.05) is 30.8 Å². The number of hydrogen-bond acceptors (Lipinski definition) is 6. The van der Waals surface area contributed by atoms with Crippen LogP contribution in [0.1, 0.15) is 28.8 Å². The van der Waals surface area contributed by atoms with Crippen molar-refractivity contribution in [3.63, 3.8) is 0 Å². The van der Waals surface area contributed by atoms with Crippen LogP contribution in [0.5, 0.6) is 0 Å². The minimum Gasteiger partial charge on any atom is -0.455 e. The summed E-state index contributed by atoms with van der Waals surface area (Å²) in [4.78, 5) is 19.2. The van der Waals surface area contributed by atoms with Crippen LogP contribution in [0.4, 0.5) is 24.7 Å². The lowest BCUT2D eigenvalue weighted by molar-refractivity contribution is -0.0429. The summed E-state index contributed by atoms with van der Waals surface area (Å²) in [6.45, 7) is 2.26. The number of benzene rings is 2. The van der Waals surface area contributed by atoms with Crippen LogP contribution in [-0.2, 0) is 23.0 Å². The number of halogens is 4. The first-order chi connectivity index (χ1) is 18.3. The van der Waals surface area contributed by atoms with Gasteiger partial charge in [-0.1, -0.05) is 25.1 Å². The number of fused-ring (bicyclic) bond motifs is 1. The number of carbonyl (C=O) groups excluding carboxylic acids is 1. The molecule has 0 aliphatic rings. The molecule has 208 valence electrons. The molecular formula is C25H25BrF3N5O4S. The summed E-state index contributed by atoms with van der Waals surface area (Å²) in [5.74, 6) is 1.13. The number of carbonyl (C=O) groups is 1. The van der Waals surface area contributed by atoms with Crippen molar-refractivity contribution in [2.24, 2.45) is 0 Å². The van der Waals surface area contributed by atoms with Gasteiger partial charge in [-0.25, -0.2) is 4.98 Å². The Bertz CT molecular complexity index is 1660. The fourth-order valence-corrected chi connectivity index (χ4v) is 5.31. The molecule has 0 unspecified atom stereocenters. The molecule has 39 heavy (non-hydrogen) atoms. The highest BCUT2D eigenvalue weighted by atomic mass is 79.9. The third kappa shape index (κ3) is 5.35. The van der Waals surface area contributed by atoms with Crippen LogP contribution in [0.3, 0.4) is 0 Å². The van der Waals surface area contributed by atoms with Gasteiger partial charge in [0.05, 0.1) is 10.2 Å². The van der Waals surface area contributed by atoms with E-state index in [-0.39, 0.29) is 22.9 Å². The van der Waals surface area contributed by atoms with E-state index in [2.05, 4.69) is 26.2 Å². The van der Waals surface area contributed by atoms with Gasteiger partial charge in [-0.15, -0.1) is 0 Å². The van der Waals surface area contributed by atoms with Crippen LogP contribution in [0.2, 0.25) is 0 Å². The number of sulfonamides is 1. The molecular weight excluding hydrogens is 603 g/mol. The summed E-state index contributed by atoms with van der Waals surface area (Å²) in [6, 6.07) is 11.0. The molecule has 4 aromatic rings. The number of para-hydroxylation sites is 1. The smallest absolute Gasteiger partial charge is 0.455 e. The molecule has 2 N–H and O–H groups in total. The quantitative estimate of drug-likeness (QED) is 0.272. The van der Waals surface area contributed by atoms with Crippen molar-refractivity contribution in [3.05, 3.63) is 64.0 Å². The summed E-state index contributed by atoms with van der Waals surface area (Å²) in [6.07, 6.45) is 0.588. The van der Waals surface area contributed by atoms with Gasteiger partial charge in [0.2, 0.25) is 0 Å². The maximum absolute atomic E-state index is 13.0. The van der Waals surface area contributed by atoms with Crippen molar-refractivity contribution < 1.29 is 30.8 Å². The Balaban J connectivity index is 1.78. The molecule has 0 aliphatic carbocycles. The highest BCUT2D eigenvalue weighted by Crippen LogP contribution is 2.42. The number of nitrogens with one attached hydrogen (secondary N) is 2. The van der Waals surface area contributed by atoms with Crippen LogP contribution in [-0.4, -0.2) is 50.5 Å². The Hall–Kier alpha value is -3.52.